The molecule has 2 heterocycles. The quantitative estimate of drug-likeness (QED) is 0.836. The molecule has 3 rings (SSSR count). The van der Waals surface area contributed by atoms with Crippen LogP contribution in [-0.4, -0.2) is 37.0 Å². The van der Waals surface area contributed by atoms with Gasteiger partial charge in [0.15, 0.2) is 0 Å². The third kappa shape index (κ3) is 4.42. The van der Waals surface area contributed by atoms with Gasteiger partial charge in [-0.05, 0) is 76.2 Å². The summed E-state index contributed by atoms with van der Waals surface area (Å²) in [6.07, 6.45) is 2.39. The molecule has 1 aromatic carbocycles. The van der Waals surface area contributed by atoms with Crippen LogP contribution in [0.15, 0.2) is 40.8 Å². The Balaban J connectivity index is 1.64. The van der Waals surface area contributed by atoms with Crippen molar-refractivity contribution in [2.45, 2.75) is 32.7 Å². The highest BCUT2D eigenvalue weighted by molar-refractivity contribution is 5.94. The molecule has 5 nitrogen and oxygen atoms in total. The second kappa shape index (κ2) is 8.21. The maximum absolute atomic E-state index is 12.5. The van der Waals surface area contributed by atoms with E-state index in [0.29, 0.717) is 18.7 Å². The smallest absolute Gasteiger partial charge is 0.251 e. The van der Waals surface area contributed by atoms with Crippen molar-refractivity contribution >= 4 is 5.91 Å². The zero-order valence-electron chi connectivity index (χ0n) is 15.0. The lowest BCUT2D eigenvalue weighted by molar-refractivity contribution is 0.0933. The molecule has 1 saturated heterocycles. The van der Waals surface area contributed by atoms with Gasteiger partial charge in [0.05, 0.1) is 12.6 Å². The monoisotopic (exact) mass is 342 g/mol. The highest BCUT2D eigenvalue weighted by Gasteiger charge is 2.26. The van der Waals surface area contributed by atoms with Crippen molar-refractivity contribution in [2.24, 2.45) is 0 Å². The third-order valence-electron chi connectivity index (χ3n) is 4.55. The molecule has 1 atom stereocenters. The molecule has 25 heavy (non-hydrogen) atoms. The Morgan fingerprint density at radius 1 is 1.20 bits per heavy atom. The molecule has 0 saturated carbocycles. The minimum atomic E-state index is -0.0736. The predicted molar refractivity (Wildman–Crippen MR) is 96.9 cm³/mol. The first-order valence-electron chi connectivity index (χ1n) is 8.99. The van der Waals surface area contributed by atoms with Crippen LogP contribution in [0.4, 0.5) is 0 Å². The van der Waals surface area contributed by atoms with Gasteiger partial charge in [-0.25, -0.2) is 0 Å². The number of likely N-dealkylation sites (tertiary alicyclic amines) is 1. The molecule has 0 radical (unpaired) electrons. The van der Waals surface area contributed by atoms with Crippen molar-refractivity contribution in [1.29, 1.82) is 0 Å². The number of ether oxygens (including phenoxy) is 1. The van der Waals surface area contributed by atoms with Crippen molar-refractivity contribution in [3.63, 3.8) is 0 Å². The zero-order chi connectivity index (χ0) is 17.6. The minimum absolute atomic E-state index is 0.0736. The molecule has 1 N–H and O–H groups in total. The van der Waals surface area contributed by atoms with Gasteiger partial charge in [-0.15, -0.1) is 0 Å². The fraction of sp³-hybridized carbons (Fsp3) is 0.450. The Hall–Kier alpha value is -2.27. The number of furan rings is 1. The highest BCUT2D eigenvalue weighted by atomic mass is 16.5. The van der Waals surface area contributed by atoms with Gasteiger partial charge in [-0.2, -0.15) is 0 Å². The normalized spacial score (nSPS) is 15.9. The molecule has 0 aliphatic carbocycles. The number of carbonyl (C=O) groups is 1. The number of hydrogen-bond donors (Lipinski definition) is 1. The van der Waals surface area contributed by atoms with Crippen molar-refractivity contribution in [3.8, 4) is 5.75 Å². The largest absolute Gasteiger partial charge is 0.494 e. The van der Waals surface area contributed by atoms with Crippen LogP contribution in [0.2, 0.25) is 0 Å². The molecule has 1 aliphatic heterocycles. The van der Waals surface area contributed by atoms with E-state index in [1.165, 1.54) is 12.8 Å². The number of rotatable bonds is 7. The number of aryl methyl sites for hydroxylation is 1. The van der Waals surface area contributed by atoms with Crippen LogP contribution in [-0.2, 0) is 0 Å². The highest BCUT2D eigenvalue weighted by Crippen LogP contribution is 2.26. The van der Waals surface area contributed by atoms with Gasteiger partial charge >= 0.3 is 0 Å². The molecule has 0 spiro atoms. The average Bonchev–Trinajstić information content (AvgIpc) is 3.28. The topological polar surface area (TPSA) is 54.7 Å². The molecule has 1 amide bonds. The standard InChI is InChI=1S/C20H26N2O3/c1-3-24-17-9-7-16(8-10-17)20(23)21-14-18(22-12-4-5-13-22)19-11-6-15(2)25-19/h6-11,18H,3-5,12-14H2,1-2H3,(H,21,23)/t18-/m1/s1. The van der Waals surface area contributed by atoms with Crippen LogP contribution in [0, 0.1) is 6.92 Å². The SMILES string of the molecule is CCOc1ccc(C(=O)NC[C@H](c2ccc(C)o2)N2CCCC2)cc1. The molecule has 0 bridgehead atoms. The van der Waals surface area contributed by atoms with Crippen molar-refractivity contribution in [3.05, 3.63) is 53.5 Å². The first-order chi connectivity index (χ1) is 12.2. The first kappa shape index (κ1) is 17.5. The van der Waals surface area contributed by atoms with E-state index in [0.717, 1.165) is 30.4 Å². The summed E-state index contributed by atoms with van der Waals surface area (Å²) in [7, 11) is 0. The number of nitrogens with one attached hydrogen (secondary N) is 1. The Bertz CT molecular complexity index is 687. The first-order valence-corrected chi connectivity index (χ1v) is 8.99. The van der Waals surface area contributed by atoms with E-state index in [9.17, 15) is 4.79 Å². The van der Waals surface area contributed by atoms with E-state index in [2.05, 4.69) is 10.2 Å². The van der Waals surface area contributed by atoms with Crippen LogP contribution in [0.5, 0.6) is 5.75 Å². The number of amides is 1. The molecule has 1 fully saturated rings. The summed E-state index contributed by atoms with van der Waals surface area (Å²) in [5.74, 6) is 2.53. The molecule has 1 aromatic heterocycles. The minimum Gasteiger partial charge on any atom is -0.494 e. The third-order valence-corrected chi connectivity index (χ3v) is 4.55. The van der Waals surface area contributed by atoms with E-state index < -0.39 is 0 Å². The molecular weight excluding hydrogens is 316 g/mol. The van der Waals surface area contributed by atoms with Crippen molar-refractivity contribution in [1.82, 2.24) is 10.2 Å². The summed E-state index contributed by atoms with van der Waals surface area (Å²) in [6, 6.07) is 11.3. The Morgan fingerprint density at radius 2 is 1.92 bits per heavy atom. The molecule has 5 heteroatoms. The van der Waals surface area contributed by atoms with E-state index in [4.69, 9.17) is 9.15 Å². The lowest BCUT2D eigenvalue weighted by Gasteiger charge is -2.26. The second-order valence-corrected chi connectivity index (χ2v) is 6.37. The Morgan fingerprint density at radius 3 is 2.52 bits per heavy atom. The summed E-state index contributed by atoms with van der Waals surface area (Å²) < 4.78 is 11.2. The van der Waals surface area contributed by atoms with Crippen LogP contribution in [0.1, 0.15) is 47.7 Å². The lowest BCUT2D eigenvalue weighted by Crippen LogP contribution is -2.36. The van der Waals surface area contributed by atoms with E-state index in [1.54, 1.807) is 12.1 Å². The molecule has 1 aliphatic rings. The van der Waals surface area contributed by atoms with E-state index >= 15 is 0 Å². The Kier molecular flexibility index (Phi) is 5.76. The fourth-order valence-corrected chi connectivity index (χ4v) is 3.26. The summed E-state index contributed by atoms with van der Waals surface area (Å²) in [6.45, 7) is 7.13. The molecule has 134 valence electrons. The van der Waals surface area contributed by atoms with Gasteiger partial charge in [0.25, 0.3) is 5.91 Å². The van der Waals surface area contributed by atoms with Gasteiger partial charge in [0, 0.05) is 12.1 Å². The van der Waals surface area contributed by atoms with Gasteiger partial charge in [-0.1, -0.05) is 0 Å². The summed E-state index contributed by atoms with van der Waals surface area (Å²) in [5, 5.41) is 3.05. The number of benzene rings is 1. The maximum Gasteiger partial charge on any atom is 0.251 e. The van der Waals surface area contributed by atoms with Gasteiger partial charge in [-0.3, -0.25) is 9.69 Å². The summed E-state index contributed by atoms with van der Waals surface area (Å²) in [5.41, 5.74) is 0.638. The number of hydrogen-bond acceptors (Lipinski definition) is 4. The lowest BCUT2D eigenvalue weighted by atomic mass is 10.1. The predicted octanol–water partition coefficient (Wildman–Crippen LogP) is 3.55. The number of nitrogens with zero attached hydrogens (tertiary/aromatic N) is 1. The molecule has 0 unspecified atom stereocenters. The zero-order valence-corrected chi connectivity index (χ0v) is 15.0. The summed E-state index contributed by atoms with van der Waals surface area (Å²) in [4.78, 5) is 14.9. The average molecular weight is 342 g/mol. The van der Waals surface area contributed by atoms with Crippen LogP contribution < -0.4 is 10.1 Å². The van der Waals surface area contributed by atoms with Crippen molar-refractivity contribution < 1.29 is 13.9 Å². The van der Waals surface area contributed by atoms with Gasteiger partial charge in [0.1, 0.15) is 17.3 Å². The van der Waals surface area contributed by atoms with Crippen LogP contribution in [0.3, 0.4) is 0 Å². The fourth-order valence-electron chi connectivity index (χ4n) is 3.26. The van der Waals surface area contributed by atoms with Crippen LogP contribution >= 0.6 is 0 Å². The molecular formula is C20H26N2O3. The van der Waals surface area contributed by atoms with Crippen molar-refractivity contribution in [2.75, 3.05) is 26.2 Å². The van der Waals surface area contributed by atoms with Gasteiger partial charge < -0.3 is 14.5 Å². The maximum atomic E-state index is 12.5. The van der Waals surface area contributed by atoms with Gasteiger partial charge in [0.2, 0.25) is 0 Å². The Labute approximate surface area is 149 Å². The van der Waals surface area contributed by atoms with Crippen LogP contribution in [0.25, 0.3) is 0 Å². The van der Waals surface area contributed by atoms with E-state index in [1.807, 2.05) is 38.1 Å². The molecule has 2 aromatic rings. The summed E-state index contributed by atoms with van der Waals surface area (Å²) >= 11 is 0. The second-order valence-electron chi connectivity index (χ2n) is 6.37. The number of carbonyl (C=O) groups excluding carboxylic acids is 1. The van der Waals surface area contributed by atoms with E-state index in [-0.39, 0.29) is 11.9 Å².